The minimum absolute atomic E-state index is 0.212. The second-order valence-corrected chi connectivity index (χ2v) is 4.98. The van der Waals surface area contributed by atoms with Gasteiger partial charge in [-0.3, -0.25) is 9.59 Å². The predicted molar refractivity (Wildman–Crippen MR) is 82.0 cm³/mol. The van der Waals surface area contributed by atoms with E-state index < -0.39 is 5.91 Å². The van der Waals surface area contributed by atoms with E-state index in [2.05, 4.69) is 5.32 Å². The number of hydrogen-bond donors (Lipinski definition) is 1. The summed E-state index contributed by atoms with van der Waals surface area (Å²) in [6, 6.07) is 9.95. The first kappa shape index (κ1) is 16.0. The molecule has 0 unspecified atom stereocenters. The van der Waals surface area contributed by atoms with Crippen LogP contribution in [0.15, 0.2) is 42.5 Å². The van der Waals surface area contributed by atoms with Crippen LogP contribution in [0.25, 0.3) is 0 Å². The molecule has 6 heteroatoms. The van der Waals surface area contributed by atoms with Gasteiger partial charge in [0.05, 0.1) is 5.56 Å². The number of hydrogen-bond acceptors (Lipinski definition) is 3. The third kappa shape index (κ3) is 4.30. The summed E-state index contributed by atoms with van der Waals surface area (Å²) in [6.45, 7) is 1.11. The number of carbonyl (C=O) groups excluding carboxylic acids is 2. The maximum atomic E-state index is 12.8. The average Bonchev–Trinajstić information content (AvgIpc) is 2.48. The van der Waals surface area contributed by atoms with Crippen molar-refractivity contribution in [2.75, 3.05) is 11.9 Å². The summed E-state index contributed by atoms with van der Waals surface area (Å²) in [6.07, 6.45) is 0. The number of anilines is 1. The number of carbonyl (C=O) groups is 2. The zero-order chi connectivity index (χ0) is 16.1. The summed E-state index contributed by atoms with van der Waals surface area (Å²) in [5, 5.41) is 2.97. The van der Waals surface area contributed by atoms with Gasteiger partial charge in [0.25, 0.3) is 5.91 Å². The summed E-state index contributed by atoms with van der Waals surface area (Å²) in [4.78, 5) is 23.3. The van der Waals surface area contributed by atoms with Gasteiger partial charge in [-0.2, -0.15) is 0 Å². The Kier molecular flexibility index (Phi) is 5.12. The molecule has 114 valence electrons. The van der Waals surface area contributed by atoms with E-state index in [0.29, 0.717) is 16.3 Å². The van der Waals surface area contributed by atoms with Crippen molar-refractivity contribution in [1.29, 1.82) is 0 Å². The molecule has 2 rings (SSSR count). The van der Waals surface area contributed by atoms with E-state index in [9.17, 15) is 14.0 Å². The molecule has 0 fully saturated rings. The van der Waals surface area contributed by atoms with Crippen LogP contribution in [0.2, 0.25) is 5.02 Å². The van der Waals surface area contributed by atoms with Crippen molar-refractivity contribution in [2.45, 2.75) is 6.92 Å². The highest BCUT2D eigenvalue weighted by molar-refractivity contribution is 6.31. The number of amides is 1. The van der Waals surface area contributed by atoms with Gasteiger partial charge in [-0.05, 0) is 49.4 Å². The summed E-state index contributed by atoms with van der Waals surface area (Å²) in [5.41, 5.74) is 0.764. The monoisotopic (exact) mass is 321 g/mol. The third-order valence-electron chi connectivity index (χ3n) is 2.81. The molecule has 0 saturated carbocycles. The Hall–Kier alpha value is -2.40. The van der Waals surface area contributed by atoms with Crippen LogP contribution in [0.3, 0.4) is 0 Å². The Labute approximate surface area is 131 Å². The number of nitrogens with one attached hydrogen (secondary N) is 1. The molecule has 0 aliphatic carbocycles. The second-order valence-electron chi connectivity index (χ2n) is 4.54. The van der Waals surface area contributed by atoms with E-state index in [1.807, 2.05) is 0 Å². The molecule has 2 aromatic carbocycles. The molecule has 0 aliphatic rings. The van der Waals surface area contributed by atoms with Crippen molar-refractivity contribution >= 4 is 29.0 Å². The van der Waals surface area contributed by atoms with Crippen LogP contribution in [0, 0.1) is 5.82 Å². The van der Waals surface area contributed by atoms with E-state index in [-0.39, 0.29) is 24.0 Å². The molecule has 0 aromatic heterocycles. The first-order chi connectivity index (χ1) is 10.5. The SMILES string of the molecule is CC(=O)c1cc(Cl)ccc1OCC(=O)Nc1ccc(F)cc1. The number of ketones is 1. The van der Waals surface area contributed by atoms with Crippen LogP contribution >= 0.6 is 11.6 Å². The third-order valence-corrected chi connectivity index (χ3v) is 3.04. The van der Waals surface area contributed by atoms with Crippen LogP contribution in [0.1, 0.15) is 17.3 Å². The maximum Gasteiger partial charge on any atom is 0.262 e. The van der Waals surface area contributed by atoms with E-state index in [0.717, 1.165) is 0 Å². The zero-order valence-corrected chi connectivity index (χ0v) is 12.5. The number of rotatable bonds is 5. The van der Waals surface area contributed by atoms with Crippen molar-refractivity contribution in [1.82, 2.24) is 0 Å². The van der Waals surface area contributed by atoms with E-state index in [1.54, 1.807) is 6.07 Å². The van der Waals surface area contributed by atoms with Gasteiger partial charge in [0, 0.05) is 10.7 Å². The zero-order valence-electron chi connectivity index (χ0n) is 11.7. The highest BCUT2D eigenvalue weighted by Crippen LogP contribution is 2.23. The van der Waals surface area contributed by atoms with Gasteiger partial charge in [-0.15, -0.1) is 0 Å². The molecule has 0 heterocycles. The highest BCUT2D eigenvalue weighted by Gasteiger charge is 2.11. The maximum absolute atomic E-state index is 12.8. The molecule has 4 nitrogen and oxygen atoms in total. The number of benzene rings is 2. The Morgan fingerprint density at radius 1 is 1.18 bits per heavy atom. The predicted octanol–water partition coefficient (Wildman–Crippen LogP) is 3.70. The lowest BCUT2D eigenvalue weighted by atomic mass is 10.1. The van der Waals surface area contributed by atoms with Gasteiger partial charge in [-0.1, -0.05) is 11.6 Å². The lowest BCUT2D eigenvalue weighted by Gasteiger charge is -2.10. The molecule has 2 aromatic rings. The number of halogens is 2. The van der Waals surface area contributed by atoms with Crippen molar-refractivity contribution in [2.24, 2.45) is 0 Å². The quantitative estimate of drug-likeness (QED) is 0.854. The minimum atomic E-state index is -0.420. The van der Waals surface area contributed by atoms with Crippen LogP contribution < -0.4 is 10.1 Å². The number of ether oxygens (including phenoxy) is 1. The molecule has 1 N–H and O–H groups in total. The van der Waals surface area contributed by atoms with Crippen LogP contribution in [0.5, 0.6) is 5.75 Å². The fourth-order valence-corrected chi connectivity index (χ4v) is 1.95. The molecule has 0 radical (unpaired) electrons. The van der Waals surface area contributed by atoms with E-state index >= 15 is 0 Å². The molecule has 0 atom stereocenters. The minimum Gasteiger partial charge on any atom is -0.483 e. The molecular weight excluding hydrogens is 309 g/mol. The Morgan fingerprint density at radius 2 is 1.86 bits per heavy atom. The first-order valence-corrected chi connectivity index (χ1v) is 6.82. The van der Waals surface area contributed by atoms with Crippen molar-refractivity contribution in [3.63, 3.8) is 0 Å². The highest BCUT2D eigenvalue weighted by atomic mass is 35.5. The Bertz CT molecular complexity index is 701. The van der Waals surface area contributed by atoms with Gasteiger partial charge < -0.3 is 10.1 Å². The first-order valence-electron chi connectivity index (χ1n) is 6.44. The largest absolute Gasteiger partial charge is 0.483 e. The molecule has 0 bridgehead atoms. The molecule has 0 aliphatic heterocycles. The molecule has 22 heavy (non-hydrogen) atoms. The Balaban J connectivity index is 1.99. The fraction of sp³-hybridized carbons (Fsp3) is 0.125. The van der Waals surface area contributed by atoms with Gasteiger partial charge in [0.1, 0.15) is 11.6 Å². The molecule has 0 saturated heterocycles. The van der Waals surface area contributed by atoms with Crippen LogP contribution in [-0.4, -0.2) is 18.3 Å². The molecule has 0 spiro atoms. The van der Waals surface area contributed by atoms with E-state index in [4.69, 9.17) is 16.3 Å². The van der Waals surface area contributed by atoms with Gasteiger partial charge in [0.15, 0.2) is 12.4 Å². The van der Waals surface area contributed by atoms with Crippen molar-refractivity contribution in [3.05, 3.63) is 58.9 Å². The Morgan fingerprint density at radius 3 is 2.50 bits per heavy atom. The lowest BCUT2D eigenvalue weighted by molar-refractivity contribution is -0.118. The van der Waals surface area contributed by atoms with Crippen molar-refractivity contribution in [3.8, 4) is 5.75 Å². The smallest absolute Gasteiger partial charge is 0.262 e. The molecule has 1 amide bonds. The van der Waals surface area contributed by atoms with Crippen molar-refractivity contribution < 1.29 is 18.7 Å². The summed E-state index contributed by atoms with van der Waals surface area (Å²) < 4.78 is 18.1. The summed E-state index contributed by atoms with van der Waals surface area (Å²) in [5.74, 6) is -0.736. The normalized spacial score (nSPS) is 10.1. The van der Waals surface area contributed by atoms with Gasteiger partial charge in [0.2, 0.25) is 0 Å². The van der Waals surface area contributed by atoms with Gasteiger partial charge in [-0.25, -0.2) is 4.39 Å². The van der Waals surface area contributed by atoms with Crippen LogP contribution in [0.4, 0.5) is 10.1 Å². The summed E-state index contributed by atoms with van der Waals surface area (Å²) >= 11 is 5.83. The average molecular weight is 322 g/mol. The second kappa shape index (κ2) is 7.04. The number of Topliss-reactive ketones (excluding diaryl/α,β-unsaturated/α-hetero) is 1. The lowest BCUT2D eigenvalue weighted by Crippen LogP contribution is -2.20. The summed E-state index contributed by atoms with van der Waals surface area (Å²) in [7, 11) is 0. The van der Waals surface area contributed by atoms with Gasteiger partial charge >= 0.3 is 0 Å². The fourth-order valence-electron chi connectivity index (χ4n) is 1.78. The molecular formula is C16H13ClFNO3. The standard InChI is InChI=1S/C16H13ClFNO3/c1-10(20)14-8-11(17)2-7-15(14)22-9-16(21)19-13-5-3-12(18)4-6-13/h2-8H,9H2,1H3,(H,19,21). The van der Waals surface area contributed by atoms with Crippen LogP contribution in [-0.2, 0) is 4.79 Å². The van der Waals surface area contributed by atoms with E-state index in [1.165, 1.54) is 43.3 Å². The topological polar surface area (TPSA) is 55.4 Å².